The zero-order valence-electron chi connectivity index (χ0n) is 10.5. The van der Waals surface area contributed by atoms with Gasteiger partial charge in [0, 0.05) is 6.92 Å². The van der Waals surface area contributed by atoms with Crippen molar-refractivity contribution in [2.75, 3.05) is 13.2 Å². The van der Waals surface area contributed by atoms with Gasteiger partial charge in [-0.15, -0.1) is 0 Å². The molecule has 114 valence electrons. The molecule has 1 unspecified atom stereocenters. The fraction of sp³-hybridized carbons (Fsp3) is 0.500. The number of esters is 2. The Morgan fingerprint density at radius 1 is 1.25 bits per heavy atom. The van der Waals surface area contributed by atoms with Gasteiger partial charge < -0.3 is 24.8 Å². The highest BCUT2D eigenvalue weighted by atomic mass is 16.6. The predicted molar refractivity (Wildman–Crippen MR) is 59.1 cm³/mol. The highest BCUT2D eigenvalue weighted by molar-refractivity contribution is 6.32. The lowest BCUT2D eigenvalue weighted by molar-refractivity contribution is -0.155. The van der Waals surface area contributed by atoms with Crippen LogP contribution in [0, 0.1) is 0 Å². The molecule has 10 heteroatoms. The van der Waals surface area contributed by atoms with E-state index >= 15 is 0 Å². The third-order valence-corrected chi connectivity index (χ3v) is 1.38. The highest BCUT2D eigenvalue weighted by Gasteiger charge is 2.11. The van der Waals surface area contributed by atoms with Gasteiger partial charge in [0.25, 0.3) is 0 Å². The van der Waals surface area contributed by atoms with Crippen LogP contribution in [0.25, 0.3) is 0 Å². The minimum atomic E-state index is -1.32. The Labute approximate surface area is 112 Å². The Bertz CT molecular complexity index is 361. The van der Waals surface area contributed by atoms with Crippen LogP contribution >= 0.6 is 0 Å². The number of carboxylic acid groups (broad SMARTS) is 1. The molecule has 0 bridgehead atoms. The van der Waals surface area contributed by atoms with Crippen molar-refractivity contribution in [3.8, 4) is 0 Å². The average Bonchev–Trinajstić information content (AvgIpc) is 2.35. The highest BCUT2D eigenvalue weighted by Crippen LogP contribution is 1.85. The van der Waals surface area contributed by atoms with E-state index in [1.165, 1.54) is 0 Å². The smallest absolute Gasteiger partial charge is 0.374 e. The zero-order chi connectivity index (χ0) is 16.1. The van der Waals surface area contributed by atoms with Crippen molar-refractivity contribution in [1.29, 1.82) is 0 Å². The molecule has 20 heavy (non-hydrogen) atoms. The second-order valence-corrected chi connectivity index (χ2v) is 3.15. The second kappa shape index (κ2) is 11.7. The number of carbonyl (C=O) groups excluding carboxylic acids is 4. The van der Waals surface area contributed by atoms with Crippen molar-refractivity contribution < 1.29 is 48.8 Å². The normalized spacial score (nSPS) is 10.3. The van der Waals surface area contributed by atoms with Gasteiger partial charge in [0.15, 0.2) is 0 Å². The molecule has 0 saturated carbocycles. The Kier molecular flexibility index (Phi) is 11.7. The molecular weight excluding hydrogens is 280 g/mol. The van der Waals surface area contributed by atoms with Gasteiger partial charge in [-0.2, -0.15) is 0 Å². The van der Waals surface area contributed by atoms with Crippen LogP contribution in [0.4, 0.5) is 0 Å². The number of ether oxygens (including phenoxy) is 2. The second-order valence-electron chi connectivity index (χ2n) is 3.15. The van der Waals surface area contributed by atoms with Crippen LogP contribution in [0.1, 0.15) is 13.3 Å². The Balaban J connectivity index is 0. The summed E-state index contributed by atoms with van der Waals surface area (Å²) >= 11 is 0. The molecule has 1 atom stereocenters. The summed E-state index contributed by atoms with van der Waals surface area (Å²) in [5.74, 6) is -4.10. The van der Waals surface area contributed by atoms with Crippen molar-refractivity contribution in [3.63, 3.8) is 0 Å². The maximum absolute atomic E-state index is 10.4. The van der Waals surface area contributed by atoms with Gasteiger partial charge in [0.1, 0.15) is 19.1 Å². The fourth-order valence-corrected chi connectivity index (χ4v) is 0.545. The van der Waals surface area contributed by atoms with Crippen LogP contribution in [0.2, 0.25) is 0 Å². The number of carbonyl (C=O) groups is 5. The molecule has 0 aliphatic heterocycles. The van der Waals surface area contributed by atoms with Crippen LogP contribution in [0.15, 0.2) is 0 Å². The molecule has 0 amide bonds. The minimum Gasteiger partial charge on any atom is -0.481 e. The molecule has 0 aromatic heterocycles. The van der Waals surface area contributed by atoms with Gasteiger partial charge in [0.2, 0.25) is 5.78 Å². The van der Waals surface area contributed by atoms with Gasteiger partial charge in [-0.05, 0) is 0 Å². The van der Waals surface area contributed by atoms with E-state index in [2.05, 4.69) is 9.47 Å². The summed E-state index contributed by atoms with van der Waals surface area (Å²) in [7, 11) is 0. The fourth-order valence-electron chi connectivity index (χ4n) is 0.545. The average molecular weight is 294 g/mol. The summed E-state index contributed by atoms with van der Waals surface area (Å²) in [6.45, 7) is 0.110. The first-order valence-corrected chi connectivity index (χ1v) is 5.06. The molecule has 0 aromatic carbocycles. The molecule has 0 heterocycles. The van der Waals surface area contributed by atoms with Gasteiger partial charge in [-0.3, -0.25) is 19.2 Å². The zero-order valence-corrected chi connectivity index (χ0v) is 10.5. The lowest BCUT2D eigenvalue weighted by Gasteiger charge is -2.05. The van der Waals surface area contributed by atoms with E-state index in [4.69, 9.17) is 15.3 Å². The first-order valence-electron chi connectivity index (χ1n) is 5.06. The third-order valence-electron chi connectivity index (χ3n) is 1.38. The molecule has 0 saturated heterocycles. The number of rotatable bonds is 7. The van der Waals surface area contributed by atoms with E-state index in [0.29, 0.717) is 0 Å². The summed E-state index contributed by atoms with van der Waals surface area (Å²) in [5.41, 5.74) is 0. The Morgan fingerprint density at radius 2 is 1.80 bits per heavy atom. The third kappa shape index (κ3) is 13.7. The van der Waals surface area contributed by atoms with E-state index in [1.807, 2.05) is 0 Å². The van der Waals surface area contributed by atoms with Crippen LogP contribution in [0.5, 0.6) is 0 Å². The van der Waals surface area contributed by atoms with Crippen molar-refractivity contribution in [2.24, 2.45) is 0 Å². The lowest BCUT2D eigenvalue weighted by Crippen LogP contribution is -2.24. The van der Waals surface area contributed by atoms with Gasteiger partial charge in [-0.25, -0.2) is 4.79 Å². The maximum Gasteiger partial charge on any atom is 0.374 e. The molecule has 0 rings (SSSR count). The number of aliphatic hydroxyl groups is 2. The van der Waals surface area contributed by atoms with Crippen molar-refractivity contribution in [1.82, 2.24) is 0 Å². The van der Waals surface area contributed by atoms with Crippen LogP contribution < -0.4 is 0 Å². The number of Topliss-reactive ketones (excluding diaryl/α,β-unsaturated/α-hetero) is 1. The van der Waals surface area contributed by atoms with E-state index in [-0.39, 0.29) is 13.1 Å². The molecule has 0 aliphatic rings. The summed E-state index contributed by atoms with van der Waals surface area (Å²) in [6, 6.07) is 0. The van der Waals surface area contributed by atoms with E-state index in [0.717, 1.165) is 6.92 Å². The van der Waals surface area contributed by atoms with E-state index in [1.54, 1.807) is 0 Å². The van der Waals surface area contributed by atoms with Gasteiger partial charge in [-0.1, -0.05) is 0 Å². The Morgan fingerprint density at radius 3 is 2.15 bits per heavy atom. The standard InChI is InChI=1S/C6H10O5.C4H4O5/c1-4(8)6(10)11-3-5(9)2-7;5-2-9-4(8)1-3(6)7/h5,7,9H,2-3H2,1H3;2H,1H2,(H,6,7). The Hall–Kier alpha value is -2.33. The first-order chi connectivity index (χ1) is 9.24. The van der Waals surface area contributed by atoms with Gasteiger partial charge in [0.05, 0.1) is 6.61 Å². The number of carboxylic acids is 1. The monoisotopic (exact) mass is 294 g/mol. The number of ketones is 1. The maximum atomic E-state index is 10.4. The van der Waals surface area contributed by atoms with Crippen LogP contribution in [0.3, 0.4) is 0 Å². The van der Waals surface area contributed by atoms with E-state index in [9.17, 15) is 24.0 Å². The first kappa shape index (κ1) is 20.0. The largest absolute Gasteiger partial charge is 0.481 e. The number of hydrogen-bond acceptors (Lipinski definition) is 9. The van der Waals surface area contributed by atoms with Crippen molar-refractivity contribution in [3.05, 3.63) is 0 Å². The molecule has 0 radical (unpaired) electrons. The number of hydrogen-bond donors (Lipinski definition) is 3. The SMILES string of the molecule is CC(=O)C(=O)OCC(O)CO.O=COC(=O)CC(=O)O. The quantitative estimate of drug-likeness (QED) is 0.200. The molecule has 0 fully saturated rings. The van der Waals surface area contributed by atoms with Crippen LogP contribution in [-0.2, 0) is 33.4 Å². The molecule has 0 aliphatic carbocycles. The van der Waals surface area contributed by atoms with Gasteiger partial charge >= 0.3 is 24.4 Å². The van der Waals surface area contributed by atoms with Crippen LogP contribution in [-0.4, -0.2) is 64.8 Å². The van der Waals surface area contributed by atoms with Crippen molar-refractivity contribution in [2.45, 2.75) is 19.4 Å². The predicted octanol–water partition coefficient (Wildman–Crippen LogP) is -2.37. The molecule has 3 N–H and O–H groups in total. The summed E-state index contributed by atoms with van der Waals surface area (Å²) in [6.07, 6.45) is -1.89. The molecule has 10 nitrogen and oxygen atoms in total. The topological polar surface area (TPSA) is 164 Å². The lowest BCUT2D eigenvalue weighted by atomic mass is 10.4. The minimum absolute atomic E-state index is 0.106. The number of aliphatic carboxylic acids is 1. The molecule has 0 aromatic rings. The number of aliphatic hydroxyl groups excluding tert-OH is 2. The molecular formula is C10H14O10. The summed E-state index contributed by atoms with van der Waals surface area (Å²) < 4.78 is 7.91. The summed E-state index contributed by atoms with van der Waals surface area (Å²) in [4.78, 5) is 49.7. The van der Waals surface area contributed by atoms with Crippen molar-refractivity contribution >= 4 is 30.2 Å². The summed E-state index contributed by atoms with van der Waals surface area (Å²) in [5, 5.41) is 24.8. The molecule has 0 spiro atoms. The van der Waals surface area contributed by atoms with E-state index < -0.39 is 42.8 Å².